The first kappa shape index (κ1) is 24.2. The molecule has 4 rings (SSSR count). The molecule has 0 aliphatic carbocycles. The van der Waals surface area contributed by atoms with E-state index in [4.69, 9.17) is 25.8 Å². The van der Waals surface area contributed by atoms with Gasteiger partial charge in [-0.25, -0.2) is 4.98 Å². The van der Waals surface area contributed by atoms with Crippen LogP contribution in [0, 0.1) is 17.0 Å². The zero-order valence-electron chi connectivity index (χ0n) is 19.2. The Bertz CT molecular complexity index is 1470. The number of nitro benzene ring substituents is 1. The smallest absolute Gasteiger partial charge is 0.288 e. The van der Waals surface area contributed by atoms with E-state index in [0.29, 0.717) is 44.7 Å². The van der Waals surface area contributed by atoms with E-state index in [1.165, 1.54) is 50.9 Å². The highest BCUT2D eigenvalue weighted by Gasteiger charge is 2.20. The molecule has 0 amide bonds. The first-order valence-electron chi connectivity index (χ1n) is 10.2. The number of aromatic nitrogens is 2. The third-order valence-corrected chi connectivity index (χ3v) is 6.45. The third kappa shape index (κ3) is 4.58. The average Bonchev–Trinajstić information content (AvgIpc) is 3.37. The summed E-state index contributed by atoms with van der Waals surface area (Å²) in [6, 6.07) is 7.63. The number of imidazole rings is 1. The summed E-state index contributed by atoms with van der Waals surface area (Å²) >= 11 is 7.45. The van der Waals surface area contributed by atoms with Gasteiger partial charge in [0.2, 0.25) is 5.75 Å². The van der Waals surface area contributed by atoms with Crippen LogP contribution >= 0.6 is 22.9 Å². The van der Waals surface area contributed by atoms with Gasteiger partial charge >= 0.3 is 0 Å². The largest absolute Gasteiger partial charge is 0.493 e. The lowest BCUT2D eigenvalue weighted by atomic mass is 10.1. The number of thiazole rings is 1. The second-order valence-corrected chi connectivity index (χ2v) is 9.00. The summed E-state index contributed by atoms with van der Waals surface area (Å²) in [5.41, 5.74) is 1.71. The van der Waals surface area contributed by atoms with Crippen molar-refractivity contribution in [3.63, 3.8) is 0 Å². The van der Waals surface area contributed by atoms with Gasteiger partial charge in [0.15, 0.2) is 22.2 Å². The van der Waals surface area contributed by atoms with Gasteiger partial charge in [0.25, 0.3) is 5.69 Å². The number of aryl methyl sites for hydroxylation is 1. The Labute approximate surface area is 209 Å². The van der Waals surface area contributed by atoms with Crippen LogP contribution in [0.25, 0.3) is 22.3 Å². The van der Waals surface area contributed by atoms with Crippen LogP contribution in [-0.4, -0.2) is 41.4 Å². The Kier molecular flexibility index (Phi) is 6.77. The highest BCUT2D eigenvalue weighted by atomic mass is 35.5. The molecule has 11 heteroatoms. The molecule has 0 bridgehead atoms. The van der Waals surface area contributed by atoms with E-state index in [9.17, 15) is 14.9 Å². The molecule has 9 nitrogen and oxygen atoms in total. The van der Waals surface area contributed by atoms with E-state index in [-0.39, 0.29) is 16.5 Å². The van der Waals surface area contributed by atoms with Crippen LogP contribution in [0.1, 0.15) is 20.9 Å². The van der Waals surface area contributed by atoms with Crippen molar-refractivity contribution in [3.8, 4) is 28.5 Å². The van der Waals surface area contributed by atoms with Crippen LogP contribution in [0.3, 0.4) is 0 Å². The summed E-state index contributed by atoms with van der Waals surface area (Å²) in [4.78, 5) is 30.3. The Hall–Kier alpha value is -3.89. The molecular weight excluding hydrogens is 494 g/mol. The molecule has 0 saturated carbocycles. The van der Waals surface area contributed by atoms with Crippen LogP contribution in [-0.2, 0) is 0 Å². The molecule has 35 heavy (non-hydrogen) atoms. The molecule has 2 aromatic carbocycles. The highest BCUT2D eigenvalue weighted by molar-refractivity contribution is 7.17. The fourth-order valence-corrected chi connectivity index (χ4v) is 4.64. The van der Waals surface area contributed by atoms with Gasteiger partial charge in [-0.2, -0.15) is 0 Å². The number of halogens is 1. The number of hydrogen-bond acceptors (Lipinski definition) is 8. The molecule has 0 aliphatic rings. The van der Waals surface area contributed by atoms with Crippen molar-refractivity contribution >= 4 is 45.4 Å². The van der Waals surface area contributed by atoms with E-state index in [0.717, 1.165) is 4.88 Å². The van der Waals surface area contributed by atoms with Gasteiger partial charge in [0, 0.05) is 28.3 Å². The molecular formula is C24H20ClN3O6S. The first-order valence-corrected chi connectivity index (χ1v) is 11.4. The molecule has 0 spiro atoms. The van der Waals surface area contributed by atoms with Crippen LogP contribution in [0.2, 0.25) is 5.02 Å². The van der Waals surface area contributed by atoms with Crippen LogP contribution in [0.15, 0.2) is 42.6 Å². The predicted molar refractivity (Wildman–Crippen MR) is 134 cm³/mol. The molecule has 180 valence electrons. The molecule has 0 saturated heterocycles. The summed E-state index contributed by atoms with van der Waals surface area (Å²) in [6.07, 6.45) is 4.93. The van der Waals surface area contributed by atoms with Gasteiger partial charge in [-0.15, -0.1) is 11.3 Å². The van der Waals surface area contributed by atoms with Gasteiger partial charge in [-0.1, -0.05) is 17.7 Å². The van der Waals surface area contributed by atoms with E-state index < -0.39 is 4.92 Å². The van der Waals surface area contributed by atoms with Crippen molar-refractivity contribution in [3.05, 3.63) is 73.9 Å². The summed E-state index contributed by atoms with van der Waals surface area (Å²) in [6.45, 7) is 1.95. The van der Waals surface area contributed by atoms with Crippen molar-refractivity contribution in [1.29, 1.82) is 0 Å². The van der Waals surface area contributed by atoms with E-state index in [1.807, 2.05) is 17.5 Å². The SMILES string of the molecule is COc1cc(C(=O)/C=C/c2c(-c3ccc(Cl)c([N+](=O)[O-])c3)nc3sc(C)cn23)cc(OC)c1OC. The van der Waals surface area contributed by atoms with Gasteiger partial charge in [0.1, 0.15) is 5.02 Å². The van der Waals surface area contributed by atoms with Crippen molar-refractivity contribution < 1.29 is 23.9 Å². The minimum atomic E-state index is -0.544. The fourth-order valence-electron chi connectivity index (χ4n) is 3.62. The monoisotopic (exact) mass is 513 g/mol. The quantitative estimate of drug-likeness (QED) is 0.126. The first-order chi connectivity index (χ1) is 16.8. The maximum Gasteiger partial charge on any atom is 0.288 e. The number of allylic oxidation sites excluding steroid dienone is 1. The Balaban J connectivity index is 1.80. The summed E-state index contributed by atoms with van der Waals surface area (Å²) in [5.74, 6) is 0.795. The number of nitrogens with zero attached hydrogens (tertiary/aromatic N) is 3. The lowest BCUT2D eigenvalue weighted by Gasteiger charge is -2.13. The van der Waals surface area contributed by atoms with Crippen molar-refractivity contribution in [2.24, 2.45) is 0 Å². The van der Waals surface area contributed by atoms with Crippen LogP contribution < -0.4 is 14.2 Å². The number of ether oxygens (including phenoxy) is 3. The number of carbonyl (C=O) groups is 1. The second kappa shape index (κ2) is 9.77. The molecule has 0 unspecified atom stereocenters. The number of hydrogen-bond donors (Lipinski definition) is 0. The maximum absolute atomic E-state index is 13.1. The molecule has 0 radical (unpaired) electrons. The average molecular weight is 514 g/mol. The van der Waals surface area contributed by atoms with E-state index >= 15 is 0 Å². The van der Waals surface area contributed by atoms with Gasteiger partial charge < -0.3 is 14.2 Å². The zero-order chi connectivity index (χ0) is 25.3. The number of nitro groups is 1. The number of rotatable bonds is 8. The lowest BCUT2D eigenvalue weighted by molar-refractivity contribution is -0.384. The molecule has 0 fully saturated rings. The molecule has 0 atom stereocenters. The van der Waals surface area contributed by atoms with Crippen LogP contribution in [0.5, 0.6) is 17.2 Å². The van der Waals surface area contributed by atoms with Gasteiger partial charge in [0.05, 0.1) is 37.6 Å². The zero-order valence-corrected chi connectivity index (χ0v) is 20.8. The topological polar surface area (TPSA) is 105 Å². The summed E-state index contributed by atoms with van der Waals surface area (Å²) in [7, 11) is 4.43. The second-order valence-electron chi connectivity index (χ2n) is 7.37. The van der Waals surface area contributed by atoms with E-state index in [1.54, 1.807) is 24.3 Å². The fraction of sp³-hybridized carbons (Fsp3) is 0.167. The Morgan fingerprint density at radius 2 is 1.83 bits per heavy atom. The Morgan fingerprint density at radius 3 is 2.43 bits per heavy atom. The molecule has 2 heterocycles. The molecule has 4 aromatic rings. The maximum atomic E-state index is 13.1. The third-order valence-electron chi connectivity index (χ3n) is 5.24. The standard InChI is InChI=1S/C24H20ClN3O6S/c1-13-12-27-17(7-8-19(29)15-10-20(32-2)23(34-4)21(11-15)33-3)22(26-24(27)35-13)14-5-6-16(25)18(9-14)28(30)31/h5-12H,1-4H3/b8-7+. The number of methoxy groups -OCH3 is 3. The summed E-state index contributed by atoms with van der Waals surface area (Å²) in [5, 5.41) is 11.4. The van der Waals surface area contributed by atoms with E-state index in [2.05, 4.69) is 4.98 Å². The normalized spacial score (nSPS) is 11.2. The van der Waals surface area contributed by atoms with Crippen LogP contribution in [0.4, 0.5) is 5.69 Å². The predicted octanol–water partition coefficient (Wildman–Crippen LogP) is 5.85. The Morgan fingerprint density at radius 1 is 1.14 bits per heavy atom. The molecule has 2 aromatic heterocycles. The molecule has 0 aliphatic heterocycles. The minimum Gasteiger partial charge on any atom is -0.493 e. The van der Waals surface area contributed by atoms with Gasteiger partial charge in [-0.3, -0.25) is 19.3 Å². The van der Waals surface area contributed by atoms with Gasteiger partial charge in [-0.05, 0) is 37.3 Å². The summed E-state index contributed by atoms with van der Waals surface area (Å²) < 4.78 is 17.8. The highest BCUT2D eigenvalue weighted by Crippen LogP contribution is 2.39. The molecule has 0 N–H and O–H groups in total. The lowest BCUT2D eigenvalue weighted by Crippen LogP contribution is -2.00. The number of fused-ring (bicyclic) bond motifs is 1. The van der Waals surface area contributed by atoms with Crippen molar-refractivity contribution in [2.45, 2.75) is 6.92 Å². The van der Waals surface area contributed by atoms with Crippen molar-refractivity contribution in [2.75, 3.05) is 21.3 Å². The number of ketones is 1. The van der Waals surface area contributed by atoms with Crippen molar-refractivity contribution in [1.82, 2.24) is 9.38 Å². The minimum absolute atomic E-state index is 0.0327. The number of benzene rings is 2. The number of carbonyl (C=O) groups excluding carboxylic acids is 1.